The van der Waals surface area contributed by atoms with Gasteiger partial charge in [0.2, 0.25) is 0 Å². The van der Waals surface area contributed by atoms with Gasteiger partial charge in [0.15, 0.2) is 23.3 Å². The summed E-state index contributed by atoms with van der Waals surface area (Å²) in [7, 11) is 0. The predicted octanol–water partition coefficient (Wildman–Crippen LogP) is 34.4. The maximum Gasteiger partial charge on any atom is 0.150 e. The topological polar surface area (TPSA) is 13.0 Å². The summed E-state index contributed by atoms with van der Waals surface area (Å²) in [5.74, 6) is -5.52. The van der Waals surface area contributed by atoms with Gasteiger partial charge in [-0.2, -0.15) is 0 Å². The third kappa shape index (κ3) is 14.0. The molecule has 0 unspecified atom stereocenters. The zero-order valence-electron chi connectivity index (χ0n) is 69.8. The highest BCUT2D eigenvalue weighted by molar-refractivity contribution is 6.30. The minimum Gasteiger partial charge on any atom is -0.307 e. The van der Waals surface area contributed by atoms with Gasteiger partial charge in [0, 0.05) is 90.8 Å². The number of hydrogen-bond donors (Lipinski definition) is 0. The van der Waals surface area contributed by atoms with Gasteiger partial charge in [-0.1, -0.05) is 289 Å². The Bertz CT molecular complexity index is 7600. The number of rotatable bonds is 16. The highest BCUT2D eigenvalue weighted by atomic mass is 19.2. The Labute approximate surface area is 733 Å². The molecule has 0 atom stereocenters. The van der Waals surface area contributed by atoms with Crippen LogP contribution in [0.1, 0.15) is 22.3 Å². The second kappa shape index (κ2) is 32.3. The van der Waals surface area contributed by atoms with Crippen LogP contribution in [0.5, 0.6) is 0 Å². The van der Waals surface area contributed by atoms with Gasteiger partial charge in [0.25, 0.3) is 0 Å². The number of anilines is 12. The van der Waals surface area contributed by atoms with E-state index < -0.39 is 46.5 Å². The molecule has 0 aliphatic carbocycles. The average Bonchev–Trinajstić information content (AvgIpc) is 0.720. The monoisotopic (exact) mass is 1680 g/mol. The number of nitrogens with zero attached hydrogens (tertiary/aromatic N) is 4. The molecule has 0 N–H and O–H groups in total. The molecule has 0 aliphatic rings. The zero-order valence-corrected chi connectivity index (χ0v) is 69.8. The lowest BCUT2D eigenvalue weighted by molar-refractivity contribution is 0.584. The van der Waals surface area contributed by atoms with E-state index >= 15 is 35.1 Å². The Morgan fingerprint density at radius 3 is 0.688 bits per heavy atom. The summed E-state index contributed by atoms with van der Waals surface area (Å²) in [4.78, 5) is 7.54. The van der Waals surface area contributed by atoms with E-state index in [2.05, 4.69) is 48.5 Å². The number of para-hydroxylation sites is 4. The molecule has 4 nitrogen and oxygen atoms in total. The van der Waals surface area contributed by atoms with E-state index in [0.29, 0.717) is 90.0 Å². The molecular formula is C116H76F8N4. The van der Waals surface area contributed by atoms with Gasteiger partial charge >= 0.3 is 0 Å². The van der Waals surface area contributed by atoms with E-state index in [4.69, 9.17) is 0 Å². The summed E-state index contributed by atoms with van der Waals surface area (Å²) in [5, 5.41) is 14.5. The summed E-state index contributed by atoms with van der Waals surface area (Å²) < 4.78 is 129. The van der Waals surface area contributed by atoms with Crippen LogP contribution in [-0.2, 0) is 0 Å². The fourth-order valence-corrected chi connectivity index (χ4v) is 19.4. The second-order valence-electron chi connectivity index (χ2n) is 32.8. The van der Waals surface area contributed by atoms with E-state index in [1.165, 1.54) is 24.3 Å². The van der Waals surface area contributed by atoms with Gasteiger partial charge in [-0.05, 0) is 212 Å². The first-order valence-corrected chi connectivity index (χ1v) is 42.3. The molecule has 0 radical (unpaired) electrons. The van der Waals surface area contributed by atoms with Crippen LogP contribution in [-0.4, -0.2) is 0 Å². The van der Waals surface area contributed by atoms with Crippen molar-refractivity contribution in [1.29, 1.82) is 0 Å². The number of halogens is 8. The van der Waals surface area contributed by atoms with Crippen molar-refractivity contribution >= 4 is 154 Å². The molecule has 0 aliphatic heterocycles. The van der Waals surface area contributed by atoms with Crippen LogP contribution >= 0.6 is 0 Å². The fraction of sp³-hybridized carbons (Fsp3) is 0.0345. The van der Waals surface area contributed by atoms with Crippen molar-refractivity contribution in [3.63, 3.8) is 0 Å². The van der Waals surface area contributed by atoms with Gasteiger partial charge in [0.1, 0.15) is 23.3 Å². The SMILES string of the molecule is Cc1cc(C)cc(-c2cc(F)cc(F)c2N(c2ccccc2)c2ccc3ccc4c(N(c5ccccc5)c5c(F)cc(F)cc5-c5cc(C)cc(C)c5)ccc5ccc2c3c54)c1.Fc1cc(F)c(N(c2ccccc2)c2ccc3ccc4c(N(c5ccccc5)c5c(F)cc(F)cc5-c5cccc6ccccc56)ccc5ccc2c3c54)c(-c2cccc3ccccc23)c1. The summed E-state index contributed by atoms with van der Waals surface area (Å²) in [6, 6.07) is 119. The van der Waals surface area contributed by atoms with E-state index in [1.54, 1.807) is 0 Å². The fourth-order valence-electron chi connectivity index (χ4n) is 19.4. The number of hydrogen-bond acceptors (Lipinski definition) is 4. The molecule has 616 valence electrons. The second-order valence-corrected chi connectivity index (χ2v) is 32.8. The van der Waals surface area contributed by atoms with Crippen molar-refractivity contribution in [2.24, 2.45) is 0 Å². The Morgan fingerprint density at radius 1 is 0.172 bits per heavy atom. The lowest BCUT2D eigenvalue weighted by Gasteiger charge is -2.31. The van der Waals surface area contributed by atoms with Crippen molar-refractivity contribution in [3.05, 3.63) is 457 Å². The molecule has 128 heavy (non-hydrogen) atoms. The largest absolute Gasteiger partial charge is 0.307 e. The van der Waals surface area contributed by atoms with Crippen molar-refractivity contribution in [2.75, 3.05) is 19.6 Å². The molecule has 0 bridgehead atoms. The maximum atomic E-state index is 17.0. The first-order valence-electron chi connectivity index (χ1n) is 42.3. The molecule has 22 rings (SSSR count). The van der Waals surface area contributed by atoms with E-state index in [9.17, 15) is 0 Å². The number of fused-ring (bicyclic) bond motifs is 2. The maximum absolute atomic E-state index is 17.0. The highest BCUT2D eigenvalue weighted by Gasteiger charge is 2.33. The normalized spacial score (nSPS) is 11.6. The molecule has 0 saturated heterocycles. The van der Waals surface area contributed by atoms with Crippen LogP contribution < -0.4 is 19.6 Å². The lowest BCUT2D eigenvalue weighted by Crippen LogP contribution is -2.15. The average molecular weight is 1680 g/mol. The molecule has 0 amide bonds. The molecule has 0 spiro atoms. The van der Waals surface area contributed by atoms with Gasteiger partial charge < -0.3 is 19.6 Å². The molecule has 0 fully saturated rings. The van der Waals surface area contributed by atoms with Crippen molar-refractivity contribution in [2.45, 2.75) is 27.7 Å². The van der Waals surface area contributed by atoms with Crippen LogP contribution in [0.25, 0.3) is 131 Å². The summed E-state index contributed by atoms with van der Waals surface area (Å²) >= 11 is 0. The van der Waals surface area contributed by atoms with Crippen molar-refractivity contribution in [1.82, 2.24) is 0 Å². The minimum absolute atomic E-state index is 0.206. The minimum atomic E-state index is -0.711. The van der Waals surface area contributed by atoms with Crippen LogP contribution in [0.15, 0.2) is 388 Å². The third-order valence-corrected chi connectivity index (χ3v) is 24.5. The molecule has 12 heteroatoms. The van der Waals surface area contributed by atoms with Crippen molar-refractivity contribution < 1.29 is 35.1 Å². The van der Waals surface area contributed by atoms with E-state index in [-0.39, 0.29) is 22.7 Å². The molecule has 0 heterocycles. The smallest absolute Gasteiger partial charge is 0.150 e. The number of aryl methyl sites for hydroxylation is 4. The molecule has 22 aromatic carbocycles. The molecular weight excluding hydrogens is 1600 g/mol. The van der Waals surface area contributed by atoms with Crippen molar-refractivity contribution in [3.8, 4) is 44.5 Å². The van der Waals surface area contributed by atoms with Crippen LogP contribution in [0.4, 0.5) is 103 Å². The molecule has 0 saturated carbocycles. The number of benzene rings is 22. The van der Waals surface area contributed by atoms with Crippen LogP contribution in [0.3, 0.4) is 0 Å². The molecule has 0 aromatic heterocycles. The zero-order chi connectivity index (χ0) is 87.3. The first kappa shape index (κ1) is 79.3. The summed E-state index contributed by atoms with van der Waals surface area (Å²) in [5.41, 5.74) is 14.7. The van der Waals surface area contributed by atoms with Gasteiger partial charge in [-0.25, -0.2) is 35.1 Å². The van der Waals surface area contributed by atoms with Crippen LogP contribution in [0.2, 0.25) is 0 Å². The predicted molar refractivity (Wildman–Crippen MR) is 514 cm³/mol. The van der Waals surface area contributed by atoms with Gasteiger partial charge in [-0.3, -0.25) is 0 Å². The first-order chi connectivity index (χ1) is 62.4. The van der Waals surface area contributed by atoms with Crippen LogP contribution in [0, 0.1) is 74.2 Å². The Morgan fingerprint density at radius 2 is 0.406 bits per heavy atom. The Balaban J connectivity index is 0.000000156. The quantitative estimate of drug-likeness (QED) is 0.0706. The Hall–Kier alpha value is -15.9. The summed E-state index contributed by atoms with van der Waals surface area (Å²) in [6.45, 7) is 7.90. The highest BCUT2D eigenvalue weighted by Crippen LogP contribution is 2.56. The van der Waals surface area contributed by atoms with Gasteiger partial charge in [-0.15, -0.1) is 0 Å². The lowest BCUT2D eigenvalue weighted by atomic mass is 9.90. The Kier molecular flexibility index (Phi) is 20.0. The third-order valence-electron chi connectivity index (χ3n) is 24.5. The standard InChI is InChI=1S/C60H36F4N2.C56H40F4N2/c61-41-33-51(47-23-11-15-37-13-7-9-21-45(37)47)59(53(63)35-41)65(43-17-3-1-4-18-43)55-31-27-39-26-30-50-56(32-28-40-25-29-49(55)57(39)58(40)50)66(44-19-5-2-6-20-44)60-52(34-42(62)36-54(60)64)48-24-12-16-38-14-8-10-22-46(38)48;1-33-23-34(2)26-39(25-33)47-29-41(57)31-49(59)55(47)61(43-11-7-5-8-12-43)51-21-17-37-16-20-46-52(22-18-38-15-19-45(51)53(37)54(38)46)62(44-13-9-6-10-14-44)56-48(30-42(58)32-50(56)60)40-27-35(3)24-36(4)28-40/h1-36H;5-32H,1-4H3. The van der Waals surface area contributed by atoms with E-state index in [1.807, 2.05) is 338 Å². The van der Waals surface area contributed by atoms with E-state index in [0.717, 1.165) is 133 Å². The molecule has 22 aromatic rings. The van der Waals surface area contributed by atoms with Gasteiger partial charge in [0.05, 0.1) is 45.5 Å². The summed E-state index contributed by atoms with van der Waals surface area (Å²) in [6.07, 6.45) is 0.